The molecule has 0 spiro atoms. The SMILES string of the molecule is CN/C=C(\N)CSSC1CCC2(C)C(=CCC3C2CCC2(C)C(C(C)CCCC(C)C)CCC32)C1. The van der Waals surface area contributed by atoms with E-state index in [-0.39, 0.29) is 0 Å². The van der Waals surface area contributed by atoms with E-state index >= 15 is 0 Å². The molecular formula is C31H54N2S2. The van der Waals surface area contributed by atoms with Gasteiger partial charge in [0.2, 0.25) is 0 Å². The minimum absolute atomic E-state index is 0.470. The quantitative estimate of drug-likeness (QED) is 0.224. The highest BCUT2D eigenvalue weighted by atomic mass is 33.1. The zero-order chi connectivity index (χ0) is 25.2. The molecule has 0 aromatic heterocycles. The average molecular weight is 519 g/mol. The summed E-state index contributed by atoms with van der Waals surface area (Å²) in [6, 6.07) is 0. The van der Waals surface area contributed by atoms with Crippen LogP contribution in [0.2, 0.25) is 0 Å². The Morgan fingerprint density at radius 3 is 2.66 bits per heavy atom. The van der Waals surface area contributed by atoms with Crippen LogP contribution in [0.4, 0.5) is 0 Å². The van der Waals surface area contributed by atoms with E-state index in [1.807, 2.05) is 29.6 Å². The zero-order valence-corrected chi connectivity index (χ0v) is 25.2. The number of nitrogens with two attached hydrogens (primary N) is 1. The fourth-order valence-corrected chi connectivity index (χ4v) is 11.8. The molecule has 4 aliphatic carbocycles. The smallest absolute Gasteiger partial charge is 0.0449 e. The van der Waals surface area contributed by atoms with Crippen LogP contribution >= 0.6 is 21.6 Å². The molecule has 3 N–H and O–H groups in total. The number of rotatable bonds is 10. The highest BCUT2D eigenvalue weighted by Crippen LogP contribution is 2.67. The van der Waals surface area contributed by atoms with Crippen LogP contribution in [0.3, 0.4) is 0 Å². The summed E-state index contributed by atoms with van der Waals surface area (Å²) in [6.07, 6.45) is 20.4. The molecule has 200 valence electrons. The summed E-state index contributed by atoms with van der Waals surface area (Å²) in [7, 11) is 5.96. The van der Waals surface area contributed by atoms with E-state index in [0.717, 1.165) is 52.2 Å². The molecule has 0 heterocycles. The largest absolute Gasteiger partial charge is 0.400 e. The topological polar surface area (TPSA) is 38.0 Å². The van der Waals surface area contributed by atoms with E-state index in [4.69, 9.17) is 5.73 Å². The first kappa shape index (κ1) is 27.8. The van der Waals surface area contributed by atoms with Gasteiger partial charge in [-0.3, -0.25) is 0 Å². The van der Waals surface area contributed by atoms with Gasteiger partial charge in [-0.25, -0.2) is 0 Å². The van der Waals surface area contributed by atoms with Gasteiger partial charge in [-0.15, -0.1) is 0 Å². The minimum atomic E-state index is 0.470. The van der Waals surface area contributed by atoms with E-state index in [0.29, 0.717) is 10.8 Å². The van der Waals surface area contributed by atoms with Crippen LogP contribution in [0.15, 0.2) is 23.5 Å². The Morgan fingerprint density at radius 2 is 1.91 bits per heavy atom. The lowest BCUT2D eigenvalue weighted by atomic mass is 9.47. The molecule has 4 heteroatoms. The maximum Gasteiger partial charge on any atom is 0.0449 e. The molecule has 0 saturated heterocycles. The monoisotopic (exact) mass is 518 g/mol. The summed E-state index contributed by atoms with van der Waals surface area (Å²) in [5, 5.41) is 3.80. The predicted octanol–water partition coefficient (Wildman–Crippen LogP) is 8.80. The second kappa shape index (κ2) is 11.7. The number of nitrogens with one attached hydrogen (secondary N) is 1. The summed E-state index contributed by atoms with van der Waals surface area (Å²) >= 11 is 0. The number of allylic oxidation sites excluding steroid dienone is 2. The van der Waals surface area contributed by atoms with Gasteiger partial charge in [-0.05, 0) is 97.7 Å². The minimum Gasteiger partial charge on any atom is -0.400 e. The summed E-state index contributed by atoms with van der Waals surface area (Å²) in [6.45, 7) is 12.8. The van der Waals surface area contributed by atoms with Crippen molar-refractivity contribution >= 4 is 21.6 Å². The molecule has 0 aromatic rings. The summed E-state index contributed by atoms with van der Waals surface area (Å²) in [5.41, 5.74) is 9.91. The first-order valence-corrected chi connectivity index (χ1v) is 17.2. The number of hydrogen-bond acceptors (Lipinski definition) is 4. The van der Waals surface area contributed by atoms with Gasteiger partial charge in [-0.2, -0.15) is 0 Å². The van der Waals surface area contributed by atoms with Crippen LogP contribution in [0.1, 0.15) is 105 Å². The zero-order valence-electron chi connectivity index (χ0n) is 23.6. The molecule has 2 nitrogen and oxygen atoms in total. The van der Waals surface area contributed by atoms with Crippen molar-refractivity contribution in [3.05, 3.63) is 23.5 Å². The van der Waals surface area contributed by atoms with Crippen LogP contribution in [-0.4, -0.2) is 18.1 Å². The van der Waals surface area contributed by atoms with E-state index in [1.54, 1.807) is 0 Å². The second-order valence-electron chi connectivity index (χ2n) is 13.5. The van der Waals surface area contributed by atoms with Gasteiger partial charge >= 0.3 is 0 Å². The summed E-state index contributed by atoms with van der Waals surface area (Å²) < 4.78 is 0. The number of fused-ring (bicyclic) bond motifs is 5. The molecular weight excluding hydrogens is 464 g/mol. The molecule has 8 atom stereocenters. The van der Waals surface area contributed by atoms with Gasteiger partial charge in [0.25, 0.3) is 0 Å². The third-order valence-electron chi connectivity index (χ3n) is 11.0. The van der Waals surface area contributed by atoms with E-state index in [2.05, 4.69) is 56.8 Å². The van der Waals surface area contributed by atoms with E-state index < -0.39 is 0 Å². The van der Waals surface area contributed by atoms with Gasteiger partial charge in [0.15, 0.2) is 0 Å². The maximum absolute atomic E-state index is 6.07. The lowest BCUT2D eigenvalue weighted by Gasteiger charge is -2.58. The highest BCUT2D eigenvalue weighted by molar-refractivity contribution is 8.77. The Bertz CT molecular complexity index is 776. The molecule has 0 amide bonds. The fourth-order valence-electron chi connectivity index (χ4n) is 9.16. The van der Waals surface area contributed by atoms with Crippen molar-refractivity contribution < 1.29 is 0 Å². The van der Waals surface area contributed by atoms with Gasteiger partial charge in [-0.1, -0.05) is 87.1 Å². The van der Waals surface area contributed by atoms with Crippen LogP contribution in [-0.2, 0) is 0 Å². The van der Waals surface area contributed by atoms with Gasteiger partial charge in [0.05, 0.1) is 0 Å². The van der Waals surface area contributed by atoms with Crippen LogP contribution < -0.4 is 11.1 Å². The average Bonchev–Trinajstić information content (AvgIpc) is 3.16. The molecule has 35 heavy (non-hydrogen) atoms. The Kier molecular flexibility index (Phi) is 9.27. The molecule has 0 bridgehead atoms. The van der Waals surface area contributed by atoms with Crippen molar-refractivity contribution in [2.24, 2.45) is 52.1 Å². The van der Waals surface area contributed by atoms with Crippen molar-refractivity contribution in [1.29, 1.82) is 0 Å². The van der Waals surface area contributed by atoms with E-state index in [1.165, 1.54) is 70.6 Å². The molecule has 0 radical (unpaired) electrons. The normalized spacial score (nSPS) is 40.0. The van der Waals surface area contributed by atoms with Crippen molar-refractivity contribution in [3.8, 4) is 0 Å². The molecule has 0 aromatic carbocycles. The Morgan fingerprint density at radius 1 is 1.11 bits per heavy atom. The molecule has 3 saturated carbocycles. The Labute approximate surface area is 225 Å². The Hall–Kier alpha value is -0.220. The Balaban J connectivity index is 1.38. The van der Waals surface area contributed by atoms with Crippen molar-refractivity contribution in [2.45, 2.75) is 110 Å². The first-order chi connectivity index (χ1) is 16.7. The van der Waals surface area contributed by atoms with Crippen LogP contribution in [0.5, 0.6) is 0 Å². The van der Waals surface area contributed by atoms with Crippen molar-refractivity contribution in [3.63, 3.8) is 0 Å². The molecule has 4 aliphatic rings. The highest BCUT2D eigenvalue weighted by Gasteiger charge is 2.59. The predicted molar refractivity (Wildman–Crippen MR) is 158 cm³/mol. The van der Waals surface area contributed by atoms with E-state index in [9.17, 15) is 0 Å². The number of hydrogen-bond donors (Lipinski definition) is 2. The third-order valence-corrected chi connectivity index (χ3v) is 13.9. The van der Waals surface area contributed by atoms with Crippen LogP contribution in [0, 0.1) is 46.3 Å². The van der Waals surface area contributed by atoms with Gasteiger partial charge in [0, 0.05) is 29.9 Å². The maximum atomic E-state index is 6.07. The van der Waals surface area contributed by atoms with Crippen LogP contribution in [0.25, 0.3) is 0 Å². The van der Waals surface area contributed by atoms with Crippen molar-refractivity contribution in [1.82, 2.24) is 5.32 Å². The molecule has 0 aliphatic heterocycles. The first-order valence-electron chi connectivity index (χ1n) is 14.8. The third kappa shape index (κ3) is 5.79. The lowest BCUT2D eigenvalue weighted by molar-refractivity contribution is -0.0497. The van der Waals surface area contributed by atoms with Crippen molar-refractivity contribution in [2.75, 3.05) is 12.8 Å². The summed E-state index contributed by atoms with van der Waals surface area (Å²) in [4.78, 5) is 0. The molecule has 8 unspecified atom stereocenters. The summed E-state index contributed by atoms with van der Waals surface area (Å²) in [5.74, 6) is 6.50. The fraction of sp³-hybridized carbons (Fsp3) is 0.871. The molecule has 4 rings (SSSR count). The molecule has 3 fully saturated rings. The van der Waals surface area contributed by atoms with Gasteiger partial charge in [0.1, 0.15) is 0 Å². The van der Waals surface area contributed by atoms with Gasteiger partial charge < -0.3 is 11.1 Å². The standard InChI is InChI=1S/C31H54N2S2/c1-21(2)8-7-9-22(3)27-12-13-28-26-11-10-23-18-25(35-34-20-24(32)19-33-6)14-16-30(23,4)29(26)15-17-31(27,28)5/h10,19,21-22,25-29,33H,7-9,11-18,20,32H2,1-6H3/b24-19-. The lowest BCUT2D eigenvalue weighted by Crippen LogP contribution is -2.50. The second-order valence-corrected chi connectivity index (χ2v) is 16.2.